The summed E-state index contributed by atoms with van der Waals surface area (Å²) in [5, 5.41) is 9.04. The third-order valence-corrected chi connectivity index (χ3v) is 5.34. The van der Waals surface area contributed by atoms with Crippen molar-refractivity contribution in [2.75, 3.05) is 13.2 Å². The monoisotopic (exact) mass is 351 g/mol. The van der Waals surface area contributed by atoms with Crippen LogP contribution in [0.4, 0.5) is 0 Å². The van der Waals surface area contributed by atoms with Crippen LogP contribution in [0.2, 0.25) is 0 Å². The molecule has 0 radical (unpaired) electrons. The van der Waals surface area contributed by atoms with Crippen molar-refractivity contribution in [2.45, 2.75) is 13.1 Å². The second kappa shape index (κ2) is 6.92. The average molecular weight is 351 g/mol. The highest BCUT2D eigenvalue weighted by Crippen LogP contribution is 2.51. The molecule has 0 bridgehead atoms. The van der Waals surface area contributed by atoms with Crippen molar-refractivity contribution < 1.29 is 19.4 Å². The first kappa shape index (κ1) is 16.8. The number of carbonyl (C=O) groups excluding carboxylic acids is 1. The molecule has 0 spiro atoms. The van der Waals surface area contributed by atoms with Gasteiger partial charge < -0.3 is 14.7 Å². The summed E-state index contributed by atoms with van der Waals surface area (Å²) in [7, 11) is 0. The molecule has 1 saturated carbocycles. The van der Waals surface area contributed by atoms with E-state index < -0.39 is 5.97 Å². The molecule has 1 saturated heterocycles. The van der Waals surface area contributed by atoms with E-state index in [0.717, 1.165) is 11.1 Å². The smallest absolute Gasteiger partial charge is 0.335 e. The first-order valence-electron chi connectivity index (χ1n) is 8.86. The molecule has 4 rings (SSSR count). The summed E-state index contributed by atoms with van der Waals surface area (Å²) < 4.78 is 5.41. The molecule has 134 valence electrons. The molecule has 2 aromatic rings. The largest absolute Gasteiger partial charge is 0.478 e. The molecule has 2 aliphatic rings. The highest BCUT2D eigenvalue weighted by molar-refractivity contribution is 5.87. The summed E-state index contributed by atoms with van der Waals surface area (Å²) in [5.41, 5.74) is 2.27. The van der Waals surface area contributed by atoms with Crippen LogP contribution in [0.3, 0.4) is 0 Å². The van der Waals surface area contributed by atoms with Gasteiger partial charge in [-0.3, -0.25) is 4.79 Å². The van der Waals surface area contributed by atoms with Crippen molar-refractivity contribution in [2.24, 2.45) is 17.8 Å². The lowest BCUT2D eigenvalue weighted by Crippen LogP contribution is -2.33. The van der Waals surface area contributed by atoms with Gasteiger partial charge >= 0.3 is 5.97 Å². The minimum atomic E-state index is -0.945. The van der Waals surface area contributed by atoms with Crippen LogP contribution in [0.1, 0.15) is 21.5 Å². The van der Waals surface area contributed by atoms with Crippen LogP contribution >= 0.6 is 0 Å². The fraction of sp³-hybridized carbons (Fsp3) is 0.333. The van der Waals surface area contributed by atoms with Crippen molar-refractivity contribution >= 4 is 11.9 Å². The van der Waals surface area contributed by atoms with Gasteiger partial charge in [-0.25, -0.2) is 4.79 Å². The number of hydrogen-bond acceptors (Lipinski definition) is 3. The van der Waals surface area contributed by atoms with E-state index >= 15 is 0 Å². The Kier molecular flexibility index (Phi) is 4.47. The summed E-state index contributed by atoms with van der Waals surface area (Å²) >= 11 is 0. The molecular formula is C21H21NO4. The quantitative estimate of drug-likeness (QED) is 0.869. The highest BCUT2D eigenvalue weighted by Gasteiger charge is 2.58. The van der Waals surface area contributed by atoms with Gasteiger partial charge in [0.2, 0.25) is 5.91 Å². The number of ether oxygens (including phenoxy) is 1. The standard InChI is InChI=1S/C21H21NO4/c23-20(19-17-12-26-13-18(17)19)22(10-14-4-2-1-3-5-14)11-15-6-8-16(9-7-15)21(24)25/h1-9,17-19H,10-13H2,(H,24,25)/t17-,18+,19?. The van der Waals surface area contributed by atoms with Crippen LogP contribution in [0.5, 0.6) is 0 Å². The first-order valence-corrected chi connectivity index (χ1v) is 8.86. The zero-order chi connectivity index (χ0) is 18.1. The molecule has 1 N–H and O–H groups in total. The number of benzene rings is 2. The zero-order valence-electron chi connectivity index (χ0n) is 14.4. The minimum absolute atomic E-state index is 0.0748. The Labute approximate surface area is 152 Å². The number of fused-ring (bicyclic) bond motifs is 1. The van der Waals surface area contributed by atoms with Crippen molar-refractivity contribution in [3.8, 4) is 0 Å². The molecule has 26 heavy (non-hydrogen) atoms. The Morgan fingerprint density at radius 3 is 2.08 bits per heavy atom. The number of carboxylic acids is 1. The Balaban J connectivity index is 1.52. The van der Waals surface area contributed by atoms with Crippen LogP contribution in [-0.4, -0.2) is 35.1 Å². The van der Waals surface area contributed by atoms with E-state index in [9.17, 15) is 9.59 Å². The van der Waals surface area contributed by atoms with Crippen LogP contribution < -0.4 is 0 Å². The molecule has 5 nitrogen and oxygen atoms in total. The van der Waals surface area contributed by atoms with Crippen LogP contribution in [-0.2, 0) is 22.6 Å². The summed E-state index contributed by atoms with van der Waals surface area (Å²) in [6.45, 7) is 2.41. The van der Waals surface area contributed by atoms with Gasteiger partial charge in [-0.05, 0) is 35.1 Å². The van der Waals surface area contributed by atoms with E-state index in [2.05, 4.69) is 0 Å². The third-order valence-electron chi connectivity index (χ3n) is 5.34. The second-order valence-electron chi connectivity index (χ2n) is 7.07. The maximum absolute atomic E-state index is 13.1. The van der Waals surface area contributed by atoms with Crippen molar-refractivity contribution in [1.29, 1.82) is 0 Å². The Bertz CT molecular complexity index is 793. The van der Waals surface area contributed by atoms with Crippen LogP contribution in [0, 0.1) is 17.8 Å². The highest BCUT2D eigenvalue weighted by atomic mass is 16.5. The molecule has 1 aliphatic heterocycles. The zero-order valence-corrected chi connectivity index (χ0v) is 14.4. The van der Waals surface area contributed by atoms with E-state index in [1.165, 1.54) is 0 Å². The molecule has 0 aromatic heterocycles. The maximum Gasteiger partial charge on any atom is 0.335 e. The maximum atomic E-state index is 13.1. The predicted molar refractivity (Wildman–Crippen MR) is 95.4 cm³/mol. The number of amides is 1. The third kappa shape index (κ3) is 3.35. The van der Waals surface area contributed by atoms with Crippen molar-refractivity contribution in [1.82, 2.24) is 4.90 Å². The molecule has 3 atom stereocenters. The lowest BCUT2D eigenvalue weighted by Gasteiger charge is -2.24. The number of aromatic carboxylic acids is 1. The molecule has 1 unspecified atom stereocenters. The summed E-state index contributed by atoms with van der Waals surface area (Å²) in [6.07, 6.45) is 0. The molecule has 2 aromatic carbocycles. The number of carbonyl (C=O) groups is 2. The normalized spacial score (nSPS) is 23.3. The average Bonchev–Trinajstić information content (AvgIpc) is 3.13. The molecule has 1 aliphatic carbocycles. The van der Waals surface area contributed by atoms with Gasteiger partial charge in [-0.2, -0.15) is 0 Å². The van der Waals surface area contributed by atoms with E-state index in [1.807, 2.05) is 35.2 Å². The first-order chi connectivity index (χ1) is 12.6. The summed E-state index contributed by atoms with van der Waals surface area (Å²) in [5.74, 6) is 0.0464. The molecule has 1 amide bonds. The van der Waals surface area contributed by atoms with E-state index in [0.29, 0.717) is 38.1 Å². The molecule has 5 heteroatoms. The van der Waals surface area contributed by atoms with Gasteiger partial charge in [0.05, 0.1) is 18.8 Å². The Morgan fingerprint density at radius 2 is 1.50 bits per heavy atom. The van der Waals surface area contributed by atoms with Gasteiger partial charge in [0.25, 0.3) is 0 Å². The van der Waals surface area contributed by atoms with Gasteiger partial charge in [0.15, 0.2) is 0 Å². The van der Waals surface area contributed by atoms with Gasteiger partial charge in [0.1, 0.15) is 0 Å². The fourth-order valence-corrected chi connectivity index (χ4v) is 3.81. The number of hydrogen-bond donors (Lipinski definition) is 1. The van der Waals surface area contributed by atoms with Gasteiger partial charge in [-0.15, -0.1) is 0 Å². The number of carboxylic acid groups (broad SMARTS) is 1. The lowest BCUT2D eigenvalue weighted by molar-refractivity contribution is -0.135. The van der Waals surface area contributed by atoms with Crippen LogP contribution in [0.25, 0.3) is 0 Å². The van der Waals surface area contributed by atoms with Crippen LogP contribution in [0.15, 0.2) is 54.6 Å². The van der Waals surface area contributed by atoms with Gasteiger partial charge in [-0.1, -0.05) is 42.5 Å². The number of nitrogens with zero attached hydrogens (tertiary/aromatic N) is 1. The van der Waals surface area contributed by atoms with E-state index in [1.54, 1.807) is 24.3 Å². The van der Waals surface area contributed by atoms with Crippen molar-refractivity contribution in [3.05, 3.63) is 71.3 Å². The summed E-state index contributed by atoms with van der Waals surface area (Å²) in [4.78, 5) is 26.0. The van der Waals surface area contributed by atoms with Gasteiger partial charge in [0, 0.05) is 19.0 Å². The summed E-state index contributed by atoms with van der Waals surface area (Å²) in [6, 6.07) is 16.7. The van der Waals surface area contributed by atoms with E-state index in [4.69, 9.17) is 9.84 Å². The number of rotatable bonds is 6. The predicted octanol–water partition coefficient (Wildman–Crippen LogP) is 2.81. The second-order valence-corrected chi connectivity index (χ2v) is 7.07. The molecule has 1 heterocycles. The van der Waals surface area contributed by atoms with E-state index in [-0.39, 0.29) is 17.4 Å². The Hall–Kier alpha value is -2.66. The lowest BCUT2D eigenvalue weighted by atomic mass is 10.1. The van der Waals surface area contributed by atoms with Crippen molar-refractivity contribution in [3.63, 3.8) is 0 Å². The minimum Gasteiger partial charge on any atom is -0.478 e. The molecule has 2 fully saturated rings. The SMILES string of the molecule is O=C(O)c1ccc(CN(Cc2ccccc2)C(=O)C2[C@H]3COC[C@@H]23)cc1. The topological polar surface area (TPSA) is 66.8 Å². The fourth-order valence-electron chi connectivity index (χ4n) is 3.81. The molecular weight excluding hydrogens is 330 g/mol. The Morgan fingerprint density at radius 1 is 0.923 bits per heavy atom.